The van der Waals surface area contributed by atoms with Gasteiger partial charge in [-0.3, -0.25) is 14.6 Å². The van der Waals surface area contributed by atoms with E-state index in [4.69, 9.17) is 16.3 Å². The summed E-state index contributed by atoms with van der Waals surface area (Å²) in [6, 6.07) is 5.00. The molecule has 15 heteroatoms. The zero-order valence-corrected chi connectivity index (χ0v) is 22.6. The maximum absolute atomic E-state index is 15.6. The number of hydrogen-bond donors (Lipinski definition) is 3. The van der Waals surface area contributed by atoms with Crippen molar-refractivity contribution in [2.45, 2.75) is 17.4 Å². The number of nitrogens with zero attached hydrogens (tertiary/aromatic N) is 3. The van der Waals surface area contributed by atoms with E-state index in [0.29, 0.717) is 6.54 Å². The van der Waals surface area contributed by atoms with Crippen molar-refractivity contribution in [2.75, 3.05) is 32.0 Å². The minimum absolute atomic E-state index is 0.0278. The van der Waals surface area contributed by atoms with Gasteiger partial charge in [0.15, 0.2) is 22.2 Å². The van der Waals surface area contributed by atoms with Crippen molar-refractivity contribution in [1.82, 2.24) is 25.4 Å². The van der Waals surface area contributed by atoms with Crippen LogP contribution in [0, 0.1) is 17.5 Å². The number of amides is 1. The number of fused-ring (bicyclic) bond motifs is 1. The molecule has 0 spiro atoms. The van der Waals surface area contributed by atoms with E-state index in [1.54, 1.807) is 0 Å². The van der Waals surface area contributed by atoms with Crippen LogP contribution < -0.4 is 14.8 Å². The molecule has 4 aromatic rings. The first-order chi connectivity index (χ1) is 19.0. The lowest BCUT2D eigenvalue weighted by molar-refractivity contribution is 0.0935. The fraction of sp³-hybridized carbons (Fsp3) is 0.240. The minimum atomic E-state index is -4.52. The van der Waals surface area contributed by atoms with Crippen LogP contribution in [0.4, 0.5) is 18.9 Å². The molecule has 3 N–H and O–H groups in total. The van der Waals surface area contributed by atoms with Gasteiger partial charge in [0.25, 0.3) is 15.9 Å². The molecule has 0 saturated carbocycles. The summed E-state index contributed by atoms with van der Waals surface area (Å²) >= 11 is 5.86. The second-order valence-electron chi connectivity index (χ2n) is 9.19. The van der Waals surface area contributed by atoms with E-state index in [-0.39, 0.29) is 33.5 Å². The molecule has 0 unspecified atom stereocenters. The van der Waals surface area contributed by atoms with Crippen LogP contribution in [0.15, 0.2) is 41.4 Å². The Morgan fingerprint density at radius 3 is 2.67 bits per heavy atom. The van der Waals surface area contributed by atoms with Crippen molar-refractivity contribution in [3.63, 3.8) is 0 Å². The fourth-order valence-corrected chi connectivity index (χ4v) is 5.99. The van der Waals surface area contributed by atoms with E-state index in [9.17, 15) is 17.6 Å². The average molecular weight is 595 g/mol. The highest BCUT2D eigenvalue weighted by Gasteiger charge is 2.28. The quantitative estimate of drug-likeness (QED) is 0.296. The number of ether oxygens (including phenoxy) is 1. The number of pyridine rings is 1. The number of sulfonamides is 1. The summed E-state index contributed by atoms with van der Waals surface area (Å²) < 4.78 is 79.0. The van der Waals surface area contributed by atoms with Crippen LogP contribution in [-0.2, 0) is 10.0 Å². The highest BCUT2D eigenvalue weighted by Crippen LogP contribution is 2.36. The molecule has 3 heterocycles. The smallest absolute Gasteiger partial charge is 0.272 e. The van der Waals surface area contributed by atoms with Crippen LogP contribution in [0.5, 0.6) is 5.88 Å². The van der Waals surface area contributed by atoms with Gasteiger partial charge in [-0.2, -0.15) is 5.10 Å². The van der Waals surface area contributed by atoms with Crippen LogP contribution in [0.25, 0.3) is 22.0 Å². The Labute approximate surface area is 231 Å². The monoisotopic (exact) mass is 594 g/mol. The number of aromatic nitrogens is 3. The van der Waals surface area contributed by atoms with Gasteiger partial charge in [-0.15, -0.1) is 0 Å². The van der Waals surface area contributed by atoms with E-state index in [1.165, 1.54) is 13.2 Å². The van der Waals surface area contributed by atoms with Gasteiger partial charge in [0.05, 0.1) is 23.4 Å². The summed E-state index contributed by atoms with van der Waals surface area (Å²) in [7, 11) is -1.41. The lowest BCUT2D eigenvalue weighted by Gasteiger charge is -2.14. The predicted octanol–water partition coefficient (Wildman–Crippen LogP) is 3.94. The van der Waals surface area contributed by atoms with Gasteiger partial charge < -0.3 is 15.0 Å². The van der Waals surface area contributed by atoms with E-state index >= 15 is 8.78 Å². The molecule has 1 aliphatic rings. The second-order valence-corrected chi connectivity index (χ2v) is 11.3. The third-order valence-electron chi connectivity index (χ3n) is 6.49. The summed E-state index contributed by atoms with van der Waals surface area (Å²) in [5.41, 5.74) is -2.32. The number of benzene rings is 2. The van der Waals surface area contributed by atoms with Crippen molar-refractivity contribution in [3.05, 3.63) is 64.7 Å². The van der Waals surface area contributed by atoms with Crippen LogP contribution in [0.2, 0.25) is 5.02 Å². The van der Waals surface area contributed by atoms with Crippen molar-refractivity contribution in [2.24, 2.45) is 0 Å². The third-order valence-corrected chi connectivity index (χ3v) is 8.06. The molecule has 1 saturated heterocycles. The summed E-state index contributed by atoms with van der Waals surface area (Å²) in [6.07, 6.45) is 1.91. The predicted molar refractivity (Wildman–Crippen MR) is 141 cm³/mol. The normalized spacial score (nSPS) is 15.9. The topological polar surface area (TPSA) is 129 Å². The average Bonchev–Trinajstić information content (AvgIpc) is 3.53. The molecule has 40 heavy (non-hydrogen) atoms. The van der Waals surface area contributed by atoms with Gasteiger partial charge >= 0.3 is 0 Å². The Bertz CT molecular complexity index is 1750. The van der Waals surface area contributed by atoms with E-state index in [0.717, 1.165) is 43.4 Å². The molecule has 1 atom stereocenters. The van der Waals surface area contributed by atoms with Gasteiger partial charge in [-0.1, -0.05) is 17.7 Å². The molecule has 0 radical (unpaired) electrons. The van der Waals surface area contributed by atoms with Crippen molar-refractivity contribution in [1.29, 1.82) is 0 Å². The number of methoxy groups -OCH3 is 1. The van der Waals surface area contributed by atoms with Crippen LogP contribution >= 0.6 is 11.6 Å². The molecule has 0 aliphatic carbocycles. The van der Waals surface area contributed by atoms with Crippen LogP contribution in [0.3, 0.4) is 0 Å². The molecule has 1 aliphatic heterocycles. The maximum Gasteiger partial charge on any atom is 0.272 e. The first-order valence-electron chi connectivity index (χ1n) is 11.9. The molecule has 1 amide bonds. The van der Waals surface area contributed by atoms with Crippen molar-refractivity contribution in [3.8, 4) is 17.0 Å². The number of likely N-dealkylation sites (N-methyl/N-ethyl adjacent to an activating group) is 1. The summed E-state index contributed by atoms with van der Waals surface area (Å²) in [5, 5.41) is 9.28. The third kappa shape index (κ3) is 5.05. The zero-order chi connectivity index (χ0) is 28.8. The van der Waals surface area contributed by atoms with Gasteiger partial charge in [0.2, 0.25) is 5.88 Å². The number of carbonyl (C=O) groups is 1. The number of aromatic amines is 1. The van der Waals surface area contributed by atoms with Gasteiger partial charge in [-0.25, -0.2) is 26.6 Å². The standard InChI is InChI=1S/C25H22ClF3N6O4S/c1-35-8-7-13(11-35)31-24(36)23-15-4-3-14(20(28)22(15)32-33-23)19-16(27)5-6-17(21(19)29)34-40(37,38)18-9-12(26)10-30-25(18)39-2/h3-6,9-10,13,34H,7-8,11H2,1-2H3,(H,31,36)(H,32,33)/t13-/m0/s1. The molecule has 1 fully saturated rings. The van der Waals surface area contributed by atoms with Gasteiger partial charge in [-0.05, 0) is 44.3 Å². The fourth-order valence-electron chi connectivity index (χ4n) is 4.56. The van der Waals surface area contributed by atoms with Gasteiger partial charge in [0, 0.05) is 29.7 Å². The Morgan fingerprint density at radius 2 is 1.98 bits per heavy atom. The lowest BCUT2D eigenvalue weighted by atomic mass is 10.0. The molecular formula is C25H22ClF3N6O4S. The SMILES string of the molecule is COc1ncc(Cl)cc1S(=O)(=O)Nc1ccc(F)c(-c2ccc3c(C(=O)N[C@H]4CCN(C)C4)n[nH]c3c2F)c1F. The highest BCUT2D eigenvalue weighted by molar-refractivity contribution is 7.92. The number of likely N-dealkylation sites (tertiary alicyclic amines) is 1. The number of carbonyl (C=O) groups excluding carboxylic acids is 1. The number of nitrogens with one attached hydrogen (secondary N) is 3. The van der Waals surface area contributed by atoms with Crippen LogP contribution in [0.1, 0.15) is 16.9 Å². The first kappa shape index (κ1) is 27.7. The first-order valence-corrected chi connectivity index (χ1v) is 13.7. The number of halogens is 4. The molecule has 2 aromatic carbocycles. The Hall–Kier alpha value is -3.88. The Balaban J connectivity index is 1.50. The maximum atomic E-state index is 15.6. The number of hydrogen-bond acceptors (Lipinski definition) is 7. The molecule has 210 valence electrons. The Morgan fingerprint density at radius 1 is 1.20 bits per heavy atom. The van der Waals surface area contributed by atoms with Crippen molar-refractivity contribution >= 4 is 44.1 Å². The Kier molecular flexibility index (Phi) is 7.33. The van der Waals surface area contributed by atoms with Crippen molar-refractivity contribution < 1.29 is 31.1 Å². The van der Waals surface area contributed by atoms with E-state index in [2.05, 4.69) is 25.4 Å². The molecule has 2 aromatic heterocycles. The highest BCUT2D eigenvalue weighted by atomic mass is 35.5. The molecule has 5 rings (SSSR count). The van der Waals surface area contributed by atoms with Gasteiger partial charge in [0.1, 0.15) is 11.3 Å². The molecule has 0 bridgehead atoms. The summed E-state index contributed by atoms with van der Waals surface area (Å²) in [4.78, 5) is 18.1. The van der Waals surface area contributed by atoms with E-state index in [1.807, 2.05) is 11.8 Å². The summed E-state index contributed by atoms with van der Waals surface area (Å²) in [6.45, 7) is 1.48. The summed E-state index contributed by atoms with van der Waals surface area (Å²) in [5.74, 6) is -4.43. The number of anilines is 1. The van der Waals surface area contributed by atoms with E-state index < -0.39 is 55.1 Å². The minimum Gasteiger partial charge on any atom is -0.480 e. The largest absolute Gasteiger partial charge is 0.480 e. The lowest BCUT2D eigenvalue weighted by Crippen LogP contribution is -2.36. The number of H-pyrrole nitrogens is 1. The zero-order valence-electron chi connectivity index (χ0n) is 21.1. The second kappa shape index (κ2) is 10.6. The number of rotatable bonds is 7. The molecular weight excluding hydrogens is 573 g/mol. The van der Waals surface area contributed by atoms with Crippen LogP contribution in [-0.4, -0.2) is 67.7 Å². The molecule has 10 nitrogen and oxygen atoms in total.